The van der Waals surface area contributed by atoms with E-state index < -0.39 is 0 Å². The molecule has 1 N–H and O–H groups in total. The van der Waals surface area contributed by atoms with E-state index >= 15 is 0 Å². The summed E-state index contributed by atoms with van der Waals surface area (Å²) in [5, 5.41) is 3.36. The van der Waals surface area contributed by atoms with Gasteiger partial charge in [-0.2, -0.15) is 0 Å². The van der Waals surface area contributed by atoms with Gasteiger partial charge in [0.25, 0.3) is 0 Å². The largest absolute Gasteiger partial charge is 0.356 e. The first-order valence-corrected chi connectivity index (χ1v) is 9.23. The first kappa shape index (κ1) is 19.3. The summed E-state index contributed by atoms with van der Waals surface area (Å²) in [4.78, 5) is 20.8. The highest BCUT2D eigenvalue weighted by Gasteiger charge is 2.24. The van der Waals surface area contributed by atoms with Crippen LogP contribution in [0.4, 0.5) is 0 Å². The van der Waals surface area contributed by atoms with E-state index in [0.29, 0.717) is 31.3 Å². The first-order chi connectivity index (χ1) is 12.0. The quantitative estimate of drug-likeness (QED) is 0.660. The van der Waals surface area contributed by atoms with Crippen molar-refractivity contribution in [3.8, 4) is 0 Å². The number of piperidine rings is 1. The Morgan fingerprint density at radius 3 is 2.48 bits per heavy atom. The average Bonchev–Trinajstić information content (AvgIpc) is 2.58. The van der Waals surface area contributed by atoms with Crippen LogP contribution in [-0.2, 0) is 11.3 Å². The number of amides is 1. The Hall–Kier alpha value is -2.04. The second-order valence-corrected chi connectivity index (χ2v) is 7.31. The number of nitrogens with zero attached hydrogens (tertiary/aromatic N) is 3. The summed E-state index contributed by atoms with van der Waals surface area (Å²) < 4.78 is 0. The molecule has 1 aromatic rings. The molecule has 138 valence electrons. The zero-order valence-corrected chi connectivity index (χ0v) is 16.0. The zero-order valence-electron chi connectivity index (χ0n) is 16.0. The van der Waals surface area contributed by atoms with E-state index in [-0.39, 0.29) is 5.91 Å². The molecule has 5 heteroatoms. The maximum absolute atomic E-state index is 12.3. The lowest BCUT2D eigenvalue weighted by atomic mass is 9.92. The molecule has 1 amide bonds. The number of rotatable bonds is 5. The van der Waals surface area contributed by atoms with E-state index in [1.54, 1.807) is 4.90 Å². The number of hydrogen-bond donors (Lipinski definition) is 1. The van der Waals surface area contributed by atoms with Crippen LogP contribution in [0.5, 0.6) is 0 Å². The van der Waals surface area contributed by atoms with Crippen molar-refractivity contribution in [1.82, 2.24) is 15.1 Å². The summed E-state index contributed by atoms with van der Waals surface area (Å²) >= 11 is 0. The fraction of sp³-hybridized carbons (Fsp3) is 0.600. The Morgan fingerprint density at radius 2 is 1.88 bits per heavy atom. The highest BCUT2D eigenvalue weighted by molar-refractivity contribution is 5.81. The van der Waals surface area contributed by atoms with Gasteiger partial charge >= 0.3 is 0 Å². The summed E-state index contributed by atoms with van der Waals surface area (Å²) in [7, 11) is 3.67. The fourth-order valence-corrected chi connectivity index (χ4v) is 3.59. The number of aliphatic imine (C=N–C) groups is 1. The van der Waals surface area contributed by atoms with Crippen LogP contribution in [0.2, 0.25) is 0 Å². The lowest BCUT2D eigenvalue weighted by molar-refractivity contribution is -0.130. The molecule has 2 atom stereocenters. The Morgan fingerprint density at radius 1 is 1.24 bits per heavy atom. The van der Waals surface area contributed by atoms with Crippen LogP contribution in [0.15, 0.2) is 35.3 Å². The molecule has 0 aromatic heterocycles. The molecule has 2 unspecified atom stereocenters. The van der Waals surface area contributed by atoms with Crippen LogP contribution in [-0.4, -0.2) is 55.4 Å². The third-order valence-corrected chi connectivity index (χ3v) is 4.69. The van der Waals surface area contributed by atoms with Gasteiger partial charge in [-0.25, -0.2) is 0 Å². The summed E-state index contributed by atoms with van der Waals surface area (Å²) in [6.07, 6.45) is 1.75. The second-order valence-electron chi connectivity index (χ2n) is 7.31. The summed E-state index contributed by atoms with van der Waals surface area (Å²) in [6.45, 7) is 7.91. The van der Waals surface area contributed by atoms with Crippen LogP contribution < -0.4 is 5.32 Å². The van der Waals surface area contributed by atoms with Crippen molar-refractivity contribution in [2.24, 2.45) is 16.8 Å². The molecule has 0 spiro atoms. The molecule has 0 bridgehead atoms. The van der Waals surface area contributed by atoms with Gasteiger partial charge in [0, 0.05) is 46.7 Å². The Bertz CT molecular complexity index is 562. The minimum atomic E-state index is 0.146. The van der Waals surface area contributed by atoms with Crippen molar-refractivity contribution in [2.45, 2.75) is 33.2 Å². The van der Waals surface area contributed by atoms with Gasteiger partial charge in [0.05, 0.1) is 0 Å². The third kappa shape index (κ3) is 6.07. The van der Waals surface area contributed by atoms with Crippen molar-refractivity contribution in [3.63, 3.8) is 0 Å². The van der Waals surface area contributed by atoms with Gasteiger partial charge in [0.15, 0.2) is 5.96 Å². The van der Waals surface area contributed by atoms with Gasteiger partial charge in [-0.15, -0.1) is 0 Å². The van der Waals surface area contributed by atoms with Crippen molar-refractivity contribution >= 4 is 11.9 Å². The standard InChI is InChI=1S/C20H32N4O/c1-16-12-17(2)14-24(13-16)20(21-3)22-11-10-19(25)23(4)15-18-8-6-5-7-9-18/h5-9,16-17H,10-15H2,1-4H3,(H,21,22). The monoisotopic (exact) mass is 344 g/mol. The van der Waals surface area contributed by atoms with E-state index in [0.717, 1.165) is 24.6 Å². The van der Waals surface area contributed by atoms with E-state index in [4.69, 9.17) is 0 Å². The third-order valence-electron chi connectivity index (χ3n) is 4.69. The number of carbonyl (C=O) groups is 1. The lowest BCUT2D eigenvalue weighted by Crippen LogP contribution is -2.49. The number of carbonyl (C=O) groups excluding carboxylic acids is 1. The van der Waals surface area contributed by atoms with E-state index in [1.165, 1.54) is 6.42 Å². The van der Waals surface area contributed by atoms with Crippen LogP contribution in [0.25, 0.3) is 0 Å². The second kappa shape index (κ2) is 9.44. The SMILES string of the molecule is CN=C(NCCC(=O)N(C)Cc1ccccc1)N1CC(C)CC(C)C1. The number of nitrogens with one attached hydrogen (secondary N) is 1. The van der Waals surface area contributed by atoms with Crippen LogP contribution in [0, 0.1) is 11.8 Å². The van der Waals surface area contributed by atoms with Gasteiger partial charge in [-0.3, -0.25) is 9.79 Å². The molecule has 1 fully saturated rings. The molecule has 1 heterocycles. The van der Waals surface area contributed by atoms with Crippen LogP contribution in [0.3, 0.4) is 0 Å². The molecule has 1 saturated heterocycles. The summed E-state index contributed by atoms with van der Waals surface area (Å²) in [6, 6.07) is 10.1. The normalized spacial score (nSPS) is 21.1. The molecular formula is C20H32N4O. The molecular weight excluding hydrogens is 312 g/mol. The molecule has 0 saturated carbocycles. The predicted molar refractivity (Wildman–Crippen MR) is 103 cm³/mol. The minimum absolute atomic E-state index is 0.146. The molecule has 5 nitrogen and oxygen atoms in total. The van der Waals surface area contributed by atoms with Gasteiger partial charge in [0.1, 0.15) is 0 Å². The number of hydrogen-bond acceptors (Lipinski definition) is 2. The highest BCUT2D eigenvalue weighted by atomic mass is 16.2. The molecule has 1 aromatic carbocycles. The smallest absolute Gasteiger partial charge is 0.224 e. The van der Waals surface area contributed by atoms with Gasteiger partial charge < -0.3 is 15.1 Å². The van der Waals surface area contributed by atoms with Gasteiger partial charge in [0.2, 0.25) is 5.91 Å². The average molecular weight is 345 g/mol. The molecule has 25 heavy (non-hydrogen) atoms. The van der Waals surface area contributed by atoms with Crippen LogP contribution in [0.1, 0.15) is 32.3 Å². The fourth-order valence-electron chi connectivity index (χ4n) is 3.59. The lowest BCUT2D eigenvalue weighted by Gasteiger charge is -2.37. The van der Waals surface area contributed by atoms with Crippen molar-refractivity contribution in [3.05, 3.63) is 35.9 Å². The highest BCUT2D eigenvalue weighted by Crippen LogP contribution is 2.20. The summed E-state index contributed by atoms with van der Waals surface area (Å²) in [5.41, 5.74) is 1.15. The number of guanidine groups is 1. The van der Waals surface area contributed by atoms with Crippen molar-refractivity contribution < 1.29 is 4.79 Å². The van der Waals surface area contributed by atoms with E-state index in [1.807, 2.05) is 44.4 Å². The topological polar surface area (TPSA) is 47.9 Å². The molecule has 1 aliphatic heterocycles. The van der Waals surface area contributed by atoms with Crippen molar-refractivity contribution in [2.75, 3.05) is 33.7 Å². The maximum Gasteiger partial charge on any atom is 0.224 e. The van der Waals surface area contributed by atoms with Crippen molar-refractivity contribution in [1.29, 1.82) is 0 Å². The first-order valence-electron chi connectivity index (χ1n) is 9.23. The predicted octanol–water partition coefficient (Wildman–Crippen LogP) is 2.59. The van der Waals surface area contributed by atoms with Crippen LogP contribution >= 0.6 is 0 Å². The Kier molecular flexibility index (Phi) is 7.29. The number of likely N-dealkylation sites (tertiary alicyclic amines) is 1. The molecule has 0 aliphatic carbocycles. The van der Waals surface area contributed by atoms with E-state index in [2.05, 4.69) is 29.1 Å². The summed E-state index contributed by atoms with van der Waals surface area (Å²) in [5.74, 6) is 2.42. The molecule has 2 rings (SSSR count). The maximum atomic E-state index is 12.3. The molecule has 1 aliphatic rings. The zero-order chi connectivity index (χ0) is 18.2. The molecule has 0 radical (unpaired) electrons. The Labute approximate surface area is 152 Å². The number of benzene rings is 1. The minimum Gasteiger partial charge on any atom is -0.356 e. The Balaban J connectivity index is 1.77. The van der Waals surface area contributed by atoms with Gasteiger partial charge in [-0.05, 0) is 23.8 Å². The van der Waals surface area contributed by atoms with Gasteiger partial charge in [-0.1, -0.05) is 44.2 Å². The van der Waals surface area contributed by atoms with E-state index in [9.17, 15) is 4.79 Å².